The Morgan fingerprint density at radius 3 is 3.05 bits per heavy atom. The zero-order chi connectivity index (χ0) is 16.0. The van der Waals surface area contributed by atoms with Crippen LogP contribution in [0.4, 0.5) is 0 Å². The van der Waals surface area contributed by atoms with Crippen LogP contribution < -0.4 is 10.4 Å². The lowest BCUT2D eigenvalue weighted by Crippen LogP contribution is -2.23. The van der Waals surface area contributed by atoms with Gasteiger partial charge in [-0.1, -0.05) is 0 Å². The third kappa shape index (κ3) is 2.21. The van der Waals surface area contributed by atoms with Gasteiger partial charge in [-0.2, -0.15) is 9.06 Å². The summed E-state index contributed by atoms with van der Waals surface area (Å²) in [6.45, 7) is 0.220. The smallest absolute Gasteiger partial charge is 0.369 e. The van der Waals surface area contributed by atoms with E-state index >= 15 is 0 Å². The highest BCUT2D eigenvalue weighted by atomic mass is 32.1. The first-order valence-electron chi connectivity index (χ1n) is 7.24. The summed E-state index contributed by atoms with van der Waals surface area (Å²) < 4.78 is 19.7. The zero-order valence-electron chi connectivity index (χ0n) is 12.7. The SMILES string of the molecule is [3H]n1ccc(OCc2c(-n3nnn(C)c3=O)nsc2C2CC2)n1. The standard InChI is InChI=1S/C12H13N7O2S/c1-18-12(20)19(17-16-18)11-8(6-21-9-4-5-13-14-9)10(22-15-11)7-2-3-7/h4-5,7H,2-3,6H2,1H3,(H,13,14)/i/hT. The molecule has 114 valence electrons. The quantitative estimate of drug-likeness (QED) is 0.738. The molecule has 0 aliphatic heterocycles. The van der Waals surface area contributed by atoms with E-state index in [1.165, 1.54) is 29.5 Å². The highest BCUT2D eigenvalue weighted by Crippen LogP contribution is 2.45. The van der Waals surface area contributed by atoms with E-state index in [1.54, 1.807) is 6.07 Å². The molecule has 3 aromatic heterocycles. The van der Waals surface area contributed by atoms with Gasteiger partial charge < -0.3 is 4.74 Å². The van der Waals surface area contributed by atoms with Crippen LogP contribution >= 0.6 is 11.5 Å². The number of hydrogen-bond donors (Lipinski definition) is 1. The predicted molar refractivity (Wildman–Crippen MR) is 77.2 cm³/mol. The van der Waals surface area contributed by atoms with Crippen LogP contribution in [0.15, 0.2) is 17.1 Å². The maximum absolute atomic E-state index is 12.1. The van der Waals surface area contributed by atoms with Crippen molar-refractivity contribution in [3.63, 3.8) is 0 Å². The Morgan fingerprint density at radius 2 is 2.41 bits per heavy atom. The maximum Gasteiger partial charge on any atom is 0.369 e. The summed E-state index contributed by atoms with van der Waals surface area (Å²) in [4.78, 5) is 13.2. The number of tetrazole rings is 1. The van der Waals surface area contributed by atoms with Crippen molar-refractivity contribution in [2.75, 3.05) is 0 Å². The Bertz CT molecular complexity index is 907. The molecule has 0 amide bonds. The van der Waals surface area contributed by atoms with Crippen molar-refractivity contribution in [2.24, 2.45) is 7.05 Å². The molecule has 0 bridgehead atoms. The lowest BCUT2D eigenvalue weighted by Gasteiger charge is -2.05. The van der Waals surface area contributed by atoms with Crippen LogP contribution in [0.2, 0.25) is 1.41 Å². The summed E-state index contributed by atoms with van der Waals surface area (Å²) in [5.41, 5.74) is 0.481. The molecular weight excluding hydrogens is 306 g/mol. The van der Waals surface area contributed by atoms with E-state index < -0.39 is 0 Å². The van der Waals surface area contributed by atoms with Gasteiger partial charge in [0.2, 0.25) is 5.88 Å². The fourth-order valence-electron chi connectivity index (χ4n) is 2.17. The van der Waals surface area contributed by atoms with Gasteiger partial charge in [0, 0.05) is 24.2 Å². The fraction of sp³-hybridized carbons (Fsp3) is 0.417. The van der Waals surface area contributed by atoms with Gasteiger partial charge in [0.05, 0.1) is 5.56 Å². The number of rotatable bonds is 5. The molecule has 0 atom stereocenters. The molecule has 1 aliphatic rings. The van der Waals surface area contributed by atoms with E-state index in [9.17, 15) is 4.79 Å². The summed E-state index contributed by atoms with van der Waals surface area (Å²) in [6.07, 6.45) is 3.72. The Labute approximate surface area is 130 Å². The van der Waals surface area contributed by atoms with E-state index in [1.807, 2.05) is 0 Å². The van der Waals surface area contributed by atoms with Crippen molar-refractivity contribution in [2.45, 2.75) is 25.4 Å². The van der Waals surface area contributed by atoms with Crippen LogP contribution in [0.5, 0.6) is 5.88 Å². The summed E-state index contributed by atoms with van der Waals surface area (Å²) in [7, 11) is 1.54. The Kier molecular flexibility index (Phi) is 2.78. The molecule has 1 fully saturated rings. The first kappa shape index (κ1) is 12.1. The molecule has 0 unspecified atom stereocenters. The van der Waals surface area contributed by atoms with Crippen LogP contribution in [-0.4, -0.2) is 34.4 Å². The largest absolute Gasteiger partial charge is 0.472 e. The molecule has 3 aromatic rings. The lowest BCUT2D eigenvalue weighted by molar-refractivity contribution is 0.292. The molecule has 0 spiro atoms. The van der Waals surface area contributed by atoms with Crippen molar-refractivity contribution in [1.29, 1.82) is 0 Å². The molecular formula is C12H13N7O2S. The van der Waals surface area contributed by atoms with Gasteiger partial charge >= 0.3 is 5.69 Å². The fourth-order valence-corrected chi connectivity index (χ4v) is 3.19. The summed E-state index contributed by atoms with van der Waals surface area (Å²) in [5, 5.41) is 12.4. The number of aromatic amines is 1. The molecule has 22 heavy (non-hydrogen) atoms. The minimum Gasteiger partial charge on any atom is -0.472 e. The van der Waals surface area contributed by atoms with Gasteiger partial charge in [0.15, 0.2) is 7.23 Å². The van der Waals surface area contributed by atoms with Gasteiger partial charge in [-0.3, -0.25) is 5.09 Å². The van der Waals surface area contributed by atoms with Crippen LogP contribution in [0, 0.1) is 0 Å². The minimum atomic E-state index is -0.352. The summed E-state index contributed by atoms with van der Waals surface area (Å²) >= 11 is 1.37. The second-order valence-electron chi connectivity index (χ2n) is 5.08. The Hall–Kier alpha value is -2.49. The molecule has 3 heterocycles. The van der Waals surface area contributed by atoms with Gasteiger partial charge in [-0.15, -0.1) is 9.78 Å². The van der Waals surface area contributed by atoms with Gasteiger partial charge in [0.25, 0.3) is 0 Å². The second-order valence-corrected chi connectivity index (χ2v) is 5.88. The minimum absolute atomic E-state index is 0.220. The number of H-pyrrole nitrogens is 1. The molecule has 10 heteroatoms. The average Bonchev–Trinajstić information content (AvgIpc) is 3.03. The van der Waals surface area contributed by atoms with E-state index in [4.69, 9.17) is 6.15 Å². The van der Waals surface area contributed by atoms with Crippen molar-refractivity contribution >= 4 is 11.5 Å². The van der Waals surface area contributed by atoms with E-state index in [0.717, 1.165) is 33.1 Å². The van der Waals surface area contributed by atoms with Gasteiger partial charge in [-0.05, 0) is 40.7 Å². The molecule has 0 radical (unpaired) electrons. The summed E-state index contributed by atoms with van der Waals surface area (Å²) in [5.74, 6) is 1.28. The maximum atomic E-state index is 12.1. The van der Waals surface area contributed by atoms with E-state index in [0.29, 0.717) is 17.6 Å². The third-order valence-electron chi connectivity index (χ3n) is 3.47. The van der Waals surface area contributed by atoms with E-state index in [-0.39, 0.29) is 12.3 Å². The van der Waals surface area contributed by atoms with Crippen LogP contribution in [-0.2, 0) is 13.7 Å². The van der Waals surface area contributed by atoms with E-state index in [2.05, 4.69) is 19.9 Å². The van der Waals surface area contributed by atoms with Crippen molar-refractivity contribution in [3.05, 3.63) is 33.2 Å². The topological polar surface area (TPSA) is 104 Å². The molecule has 1 saturated carbocycles. The normalized spacial score (nSPS) is 15.0. The first-order chi connectivity index (χ1) is 11.1. The van der Waals surface area contributed by atoms with Crippen LogP contribution in [0.25, 0.3) is 5.82 Å². The lowest BCUT2D eigenvalue weighted by atomic mass is 10.2. The van der Waals surface area contributed by atoms with Crippen LogP contribution in [0.1, 0.15) is 29.2 Å². The highest BCUT2D eigenvalue weighted by molar-refractivity contribution is 7.06. The molecule has 0 aromatic carbocycles. The van der Waals surface area contributed by atoms with Gasteiger partial charge in [-0.25, -0.2) is 4.79 Å². The number of aromatic nitrogens is 7. The predicted octanol–water partition coefficient (Wildman–Crippen LogP) is 0.602. The second kappa shape index (κ2) is 5.05. The van der Waals surface area contributed by atoms with Crippen molar-refractivity contribution < 1.29 is 6.15 Å². The average molecular weight is 321 g/mol. The monoisotopic (exact) mass is 321 g/mol. The summed E-state index contributed by atoms with van der Waals surface area (Å²) in [6, 6.07) is 1.61. The Morgan fingerprint density at radius 1 is 1.55 bits per heavy atom. The molecule has 1 aliphatic carbocycles. The highest BCUT2D eigenvalue weighted by Gasteiger charge is 2.31. The van der Waals surface area contributed by atoms with Crippen molar-refractivity contribution in [1.82, 2.24) is 34.4 Å². The van der Waals surface area contributed by atoms with Gasteiger partial charge in [0.1, 0.15) is 6.61 Å². The first-order valence-corrected chi connectivity index (χ1v) is 7.56. The third-order valence-corrected chi connectivity index (χ3v) is 4.51. The zero-order valence-corrected chi connectivity index (χ0v) is 12.5. The molecule has 0 saturated heterocycles. The number of nitrogens with one attached hydrogen (secondary N) is 1. The molecule has 4 rings (SSSR count). The molecule has 1 N–H and O–H groups in total. The number of hydrogen-bond acceptors (Lipinski definition) is 7. The number of nitrogens with zero attached hydrogens (tertiary/aromatic N) is 6. The number of aryl methyl sites for hydroxylation is 1. The molecule has 9 nitrogen and oxygen atoms in total. The van der Waals surface area contributed by atoms with Crippen molar-refractivity contribution in [3.8, 4) is 11.7 Å². The van der Waals surface area contributed by atoms with Crippen LogP contribution in [0.3, 0.4) is 0 Å². The Balaban J connectivity index is 1.69. The number of ether oxygens (including phenoxy) is 1.